The highest BCUT2D eigenvalue weighted by atomic mass is 16.2. The molecular weight excluding hydrogens is 294 g/mol. The second kappa shape index (κ2) is 8.06. The minimum absolute atomic E-state index is 0.00204. The maximum atomic E-state index is 12.7. The molecule has 0 radical (unpaired) electrons. The highest BCUT2D eigenvalue weighted by molar-refractivity contribution is 5.14. The van der Waals surface area contributed by atoms with Gasteiger partial charge < -0.3 is 4.90 Å². The molecule has 0 N–H and O–H groups in total. The van der Waals surface area contributed by atoms with E-state index in [1.165, 1.54) is 22.1 Å². The zero-order valence-electron chi connectivity index (χ0n) is 14.0. The van der Waals surface area contributed by atoms with Crippen molar-refractivity contribution in [3.05, 3.63) is 26.5 Å². The quantitative estimate of drug-likeness (QED) is 0.760. The summed E-state index contributed by atoms with van der Waals surface area (Å²) in [6, 6.07) is 1.84. The standard InChI is InChI=1S/C16H25N5O2/c1-19(2)10-7-11-20-15(22)14(12-17)18-21(16(20)23)13-8-5-3-4-6-9-13/h13H,3-11H2,1-2H3. The average molecular weight is 319 g/mol. The van der Waals surface area contributed by atoms with Crippen molar-refractivity contribution < 1.29 is 0 Å². The van der Waals surface area contributed by atoms with Crippen LogP contribution in [0.3, 0.4) is 0 Å². The van der Waals surface area contributed by atoms with Crippen LogP contribution in [0.1, 0.15) is 56.7 Å². The molecule has 1 fully saturated rings. The predicted octanol–water partition coefficient (Wildman–Crippen LogP) is 1.12. The molecule has 0 bridgehead atoms. The minimum atomic E-state index is -0.568. The van der Waals surface area contributed by atoms with E-state index in [1.807, 2.05) is 25.1 Å². The summed E-state index contributed by atoms with van der Waals surface area (Å²) in [6.45, 7) is 1.10. The van der Waals surface area contributed by atoms with Crippen LogP contribution in [0.4, 0.5) is 0 Å². The van der Waals surface area contributed by atoms with Crippen molar-refractivity contribution >= 4 is 0 Å². The highest BCUT2D eigenvalue weighted by Gasteiger charge is 2.20. The average Bonchev–Trinajstić information content (AvgIpc) is 2.80. The van der Waals surface area contributed by atoms with Gasteiger partial charge in [-0.25, -0.2) is 9.48 Å². The van der Waals surface area contributed by atoms with Gasteiger partial charge in [-0.1, -0.05) is 25.7 Å². The third-order valence-electron chi connectivity index (χ3n) is 4.35. The summed E-state index contributed by atoms with van der Waals surface area (Å²) in [5.41, 5.74) is -1.13. The van der Waals surface area contributed by atoms with E-state index in [-0.39, 0.29) is 17.4 Å². The van der Waals surface area contributed by atoms with Crippen LogP contribution < -0.4 is 11.2 Å². The van der Waals surface area contributed by atoms with Gasteiger partial charge in [-0.15, -0.1) is 0 Å². The van der Waals surface area contributed by atoms with E-state index >= 15 is 0 Å². The maximum absolute atomic E-state index is 12.7. The van der Waals surface area contributed by atoms with Crippen molar-refractivity contribution in [1.29, 1.82) is 5.26 Å². The first-order valence-corrected chi connectivity index (χ1v) is 8.33. The number of nitriles is 1. The van der Waals surface area contributed by atoms with Crippen molar-refractivity contribution in [3.63, 3.8) is 0 Å². The van der Waals surface area contributed by atoms with Crippen LogP contribution in [0.15, 0.2) is 9.59 Å². The molecule has 1 saturated carbocycles. The molecule has 0 aliphatic heterocycles. The number of hydrogen-bond acceptors (Lipinski definition) is 5. The van der Waals surface area contributed by atoms with E-state index in [0.29, 0.717) is 13.0 Å². The number of rotatable bonds is 5. The fraction of sp³-hybridized carbons (Fsp3) is 0.750. The van der Waals surface area contributed by atoms with Crippen molar-refractivity contribution in [1.82, 2.24) is 19.2 Å². The van der Waals surface area contributed by atoms with Crippen molar-refractivity contribution in [2.75, 3.05) is 20.6 Å². The third kappa shape index (κ3) is 4.29. The lowest BCUT2D eigenvalue weighted by Crippen LogP contribution is -2.44. The molecule has 0 saturated heterocycles. The van der Waals surface area contributed by atoms with E-state index in [0.717, 1.165) is 32.2 Å². The summed E-state index contributed by atoms with van der Waals surface area (Å²) in [7, 11) is 3.89. The van der Waals surface area contributed by atoms with Gasteiger partial charge in [0.25, 0.3) is 5.56 Å². The molecule has 0 amide bonds. The van der Waals surface area contributed by atoms with Gasteiger partial charge in [0, 0.05) is 6.54 Å². The first-order valence-electron chi connectivity index (χ1n) is 8.33. The topological polar surface area (TPSA) is 83.9 Å². The van der Waals surface area contributed by atoms with Crippen LogP contribution >= 0.6 is 0 Å². The Morgan fingerprint density at radius 3 is 2.43 bits per heavy atom. The molecule has 126 valence electrons. The minimum Gasteiger partial charge on any atom is -0.309 e. The Labute approximate surface area is 136 Å². The number of hydrogen-bond donors (Lipinski definition) is 0. The second-order valence-corrected chi connectivity index (χ2v) is 6.45. The molecule has 23 heavy (non-hydrogen) atoms. The highest BCUT2D eigenvalue weighted by Crippen LogP contribution is 2.25. The Bertz CT molecular complexity index is 675. The Balaban J connectivity index is 2.37. The van der Waals surface area contributed by atoms with E-state index in [4.69, 9.17) is 0 Å². The molecule has 2 rings (SSSR count). The van der Waals surface area contributed by atoms with Crippen LogP contribution in [0.25, 0.3) is 0 Å². The zero-order chi connectivity index (χ0) is 16.8. The van der Waals surface area contributed by atoms with Gasteiger partial charge in [0.2, 0.25) is 5.69 Å². The van der Waals surface area contributed by atoms with Gasteiger partial charge in [0.05, 0.1) is 6.04 Å². The molecule has 7 heteroatoms. The largest absolute Gasteiger partial charge is 0.347 e. The molecule has 0 spiro atoms. The fourth-order valence-electron chi connectivity index (χ4n) is 3.08. The molecule has 0 aromatic carbocycles. The molecular formula is C16H25N5O2. The van der Waals surface area contributed by atoms with E-state index < -0.39 is 5.56 Å². The van der Waals surface area contributed by atoms with Crippen LogP contribution in [0, 0.1) is 11.3 Å². The lowest BCUT2D eigenvalue weighted by Gasteiger charge is -2.18. The van der Waals surface area contributed by atoms with E-state index in [2.05, 4.69) is 5.10 Å². The first-order chi connectivity index (χ1) is 11.0. The maximum Gasteiger partial charge on any atom is 0.347 e. The monoisotopic (exact) mass is 319 g/mol. The second-order valence-electron chi connectivity index (χ2n) is 6.45. The third-order valence-corrected chi connectivity index (χ3v) is 4.35. The number of aromatic nitrogens is 3. The van der Waals surface area contributed by atoms with Gasteiger partial charge in [0.1, 0.15) is 6.07 Å². The molecule has 1 aliphatic carbocycles. The molecule has 1 aromatic heterocycles. The van der Waals surface area contributed by atoms with Crippen LogP contribution in [0.2, 0.25) is 0 Å². The lowest BCUT2D eigenvalue weighted by atomic mass is 10.1. The van der Waals surface area contributed by atoms with Gasteiger partial charge in [0.15, 0.2) is 0 Å². The van der Waals surface area contributed by atoms with Gasteiger partial charge in [-0.05, 0) is 39.9 Å². The summed E-state index contributed by atoms with van der Waals surface area (Å²) in [5, 5.41) is 13.2. The molecule has 1 aromatic rings. The Hall–Kier alpha value is -1.94. The molecule has 0 unspecified atom stereocenters. The van der Waals surface area contributed by atoms with Gasteiger partial charge in [-0.2, -0.15) is 10.4 Å². The smallest absolute Gasteiger partial charge is 0.309 e. The Morgan fingerprint density at radius 2 is 1.87 bits per heavy atom. The van der Waals surface area contributed by atoms with Gasteiger partial charge in [-0.3, -0.25) is 9.36 Å². The van der Waals surface area contributed by atoms with Crippen molar-refractivity contribution in [2.45, 2.75) is 57.5 Å². The summed E-state index contributed by atoms with van der Waals surface area (Å²) < 4.78 is 2.57. The fourth-order valence-corrected chi connectivity index (χ4v) is 3.08. The molecule has 7 nitrogen and oxygen atoms in total. The molecule has 1 aliphatic rings. The summed E-state index contributed by atoms with van der Waals surface area (Å²) in [5.74, 6) is 0. The van der Waals surface area contributed by atoms with Crippen molar-refractivity contribution in [3.8, 4) is 6.07 Å². The zero-order valence-corrected chi connectivity index (χ0v) is 14.0. The molecule has 1 heterocycles. The first kappa shape index (κ1) is 17.4. The Morgan fingerprint density at radius 1 is 1.22 bits per heavy atom. The van der Waals surface area contributed by atoms with Gasteiger partial charge >= 0.3 is 5.69 Å². The summed E-state index contributed by atoms with van der Waals surface area (Å²) >= 11 is 0. The predicted molar refractivity (Wildman–Crippen MR) is 87.4 cm³/mol. The van der Waals surface area contributed by atoms with Crippen LogP contribution in [0.5, 0.6) is 0 Å². The normalized spacial score (nSPS) is 16.3. The van der Waals surface area contributed by atoms with Crippen LogP contribution in [-0.4, -0.2) is 39.9 Å². The molecule has 0 atom stereocenters. The SMILES string of the molecule is CN(C)CCCn1c(=O)c(C#N)nn(C2CCCCCC2)c1=O. The number of nitrogens with zero attached hydrogens (tertiary/aromatic N) is 5. The summed E-state index contributed by atoms with van der Waals surface area (Å²) in [4.78, 5) is 26.9. The van der Waals surface area contributed by atoms with Crippen molar-refractivity contribution in [2.24, 2.45) is 0 Å². The lowest BCUT2D eigenvalue weighted by molar-refractivity contribution is 0.346. The summed E-state index contributed by atoms with van der Waals surface area (Å²) in [6.07, 6.45) is 6.89. The van der Waals surface area contributed by atoms with Crippen LogP contribution in [-0.2, 0) is 6.54 Å². The Kier molecular flexibility index (Phi) is 6.11. The van der Waals surface area contributed by atoms with E-state index in [9.17, 15) is 14.9 Å². The van der Waals surface area contributed by atoms with E-state index in [1.54, 1.807) is 0 Å².